The van der Waals surface area contributed by atoms with Crippen molar-refractivity contribution < 1.29 is 10.0 Å². The molecule has 0 spiro atoms. The molecule has 0 saturated heterocycles. The minimum absolute atomic E-state index is 0.0117. The first kappa shape index (κ1) is 9.29. The van der Waals surface area contributed by atoms with Gasteiger partial charge in [0.2, 0.25) is 0 Å². The number of hydrogen-bond acceptors (Lipinski definition) is 5. The molecule has 0 amide bonds. The zero-order valence-corrected chi connectivity index (χ0v) is 8.51. The molecule has 6 heteroatoms. The molecule has 0 aliphatic heterocycles. The third kappa shape index (κ3) is 1.23. The topological polar surface area (TPSA) is 63.4 Å². The number of nitro benzene ring substituents is 1. The van der Waals surface area contributed by atoms with Gasteiger partial charge in [-0.25, -0.2) is 0 Å². The van der Waals surface area contributed by atoms with Crippen molar-refractivity contribution in [2.24, 2.45) is 0 Å². The fourth-order valence-corrected chi connectivity index (χ4v) is 2.56. The lowest BCUT2D eigenvalue weighted by molar-refractivity contribution is -0.383. The Hall–Kier alpha value is -1.27. The van der Waals surface area contributed by atoms with Crippen LogP contribution < -0.4 is 0 Å². The summed E-state index contributed by atoms with van der Waals surface area (Å²) in [4.78, 5) is 10.5. The van der Waals surface area contributed by atoms with Gasteiger partial charge in [0.1, 0.15) is 0 Å². The van der Waals surface area contributed by atoms with Gasteiger partial charge in [-0.1, -0.05) is 17.4 Å². The van der Waals surface area contributed by atoms with Crippen LogP contribution in [0.15, 0.2) is 23.1 Å². The Morgan fingerprint density at radius 2 is 2.21 bits per heavy atom. The SMILES string of the molecule is O=[N+]([O-])c1cccc2sc(O)c(S)c12. The molecular formula is C8H5NO3S2. The zero-order chi connectivity index (χ0) is 10.3. The van der Waals surface area contributed by atoms with Crippen LogP contribution in [-0.2, 0) is 0 Å². The van der Waals surface area contributed by atoms with Gasteiger partial charge in [-0.15, -0.1) is 12.6 Å². The fraction of sp³-hybridized carbons (Fsp3) is 0. The van der Waals surface area contributed by atoms with E-state index in [0.717, 1.165) is 11.3 Å². The summed E-state index contributed by atoms with van der Waals surface area (Å²) in [5.41, 5.74) is -0.0240. The van der Waals surface area contributed by atoms with Crippen LogP contribution in [0, 0.1) is 10.1 Å². The Bertz CT molecular complexity index is 521. The summed E-state index contributed by atoms with van der Waals surface area (Å²) in [6, 6.07) is 4.70. The molecule has 1 heterocycles. The van der Waals surface area contributed by atoms with E-state index in [4.69, 9.17) is 0 Å². The standard InChI is InChI=1S/C8H5NO3S2/c10-8-7(13)6-4(9(11)12)2-1-3-5(6)14-8/h1-3,10,13H. The smallest absolute Gasteiger partial charge is 0.279 e. The van der Waals surface area contributed by atoms with Crippen LogP contribution in [-0.4, -0.2) is 10.0 Å². The van der Waals surface area contributed by atoms with Crippen LogP contribution in [0.2, 0.25) is 0 Å². The van der Waals surface area contributed by atoms with Gasteiger partial charge in [-0.05, 0) is 6.07 Å². The maximum atomic E-state index is 10.7. The van der Waals surface area contributed by atoms with E-state index in [1.807, 2.05) is 0 Å². The van der Waals surface area contributed by atoms with Crippen LogP contribution in [0.25, 0.3) is 10.1 Å². The fourth-order valence-electron chi connectivity index (χ4n) is 1.25. The van der Waals surface area contributed by atoms with Crippen LogP contribution in [0.4, 0.5) is 5.69 Å². The molecule has 0 aliphatic carbocycles. The molecule has 1 aromatic heterocycles. The molecule has 0 atom stereocenters. The molecule has 0 fully saturated rings. The van der Waals surface area contributed by atoms with E-state index in [2.05, 4.69) is 12.6 Å². The lowest BCUT2D eigenvalue weighted by Crippen LogP contribution is -1.87. The van der Waals surface area contributed by atoms with Crippen LogP contribution in [0.3, 0.4) is 0 Å². The second-order valence-electron chi connectivity index (χ2n) is 2.66. The predicted molar refractivity (Wildman–Crippen MR) is 57.4 cm³/mol. The van der Waals surface area contributed by atoms with E-state index in [9.17, 15) is 15.2 Å². The first-order valence-corrected chi connectivity index (χ1v) is 4.95. The maximum Gasteiger partial charge on any atom is 0.279 e. The van der Waals surface area contributed by atoms with Gasteiger partial charge in [-0.2, -0.15) is 0 Å². The molecule has 1 aromatic carbocycles. The Kier molecular flexibility index (Phi) is 2.09. The number of aromatic hydroxyl groups is 1. The lowest BCUT2D eigenvalue weighted by Gasteiger charge is -1.93. The summed E-state index contributed by atoms with van der Waals surface area (Å²) >= 11 is 5.12. The van der Waals surface area contributed by atoms with E-state index in [-0.39, 0.29) is 15.6 Å². The summed E-state index contributed by atoms with van der Waals surface area (Å²) in [5.74, 6) is 0. The molecule has 2 aromatic rings. The van der Waals surface area contributed by atoms with Crippen molar-refractivity contribution in [3.63, 3.8) is 0 Å². The summed E-state index contributed by atoms with van der Waals surface area (Å²) in [6.45, 7) is 0. The molecule has 0 saturated carbocycles. The quantitative estimate of drug-likeness (QED) is 0.447. The number of non-ortho nitro benzene ring substituents is 1. The molecule has 0 bridgehead atoms. The molecule has 0 unspecified atom stereocenters. The molecule has 0 radical (unpaired) electrons. The van der Waals surface area contributed by atoms with E-state index in [1.165, 1.54) is 6.07 Å². The summed E-state index contributed by atoms with van der Waals surface area (Å²) in [6.07, 6.45) is 0. The summed E-state index contributed by atoms with van der Waals surface area (Å²) in [5, 5.41) is 20.5. The molecule has 1 N–H and O–H groups in total. The highest BCUT2D eigenvalue weighted by Crippen LogP contribution is 2.43. The third-order valence-corrected chi connectivity index (χ3v) is 3.39. The highest BCUT2D eigenvalue weighted by Gasteiger charge is 2.18. The maximum absolute atomic E-state index is 10.7. The van der Waals surface area contributed by atoms with Gasteiger partial charge < -0.3 is 5.11 Å². The van der Waals surface area contributed by atoms with Crippen molar-refractivity contribution in [1.82, 2.24) is 0 Å². The molecule has 72 valence electrons. The summed E-state index contributed by atoms with van der Waals surface area (Å²) in [7, 11) is 0. The predicted octanol–water partition coefficient (Wildman–Crippen LogP) is 2.80. The zero-order valence-electron chi connectivity index (χ0n) is 6.80. The van der Waals surface area contributed by atoms with Gasteiger partial charge in [-0.3, -0.25) is 10.1 Å². The molecular weight excluding hydrogens is 222 g/mol. The average molecular weight is 227 g/mol. The second-order valence-corrected chi connectivity index (χ2v) is 4.14. The minimum atomic E-state index is -0.478. The second kappa shape index (κ2) is 3.14. The van der Waals surface area contributed by atoms with Crippen molar-refractivity contribution in [3.8, 4) is 5.06 Å². The number of nitrogens with zero attached hydrogens (tertiary/aromatic N) is 1. The van der Waals surface area contributed by atoms with Gasteiger partial charge in [0.25, 0.3) is 5.69 Å². The van der Waals surface area contributed by atoms with Crippen molar-refractivity contribution in [3.05, 3.63) is 28.3 Å². The van der Waals surface area contributed by atoms with E-state index >= 15 is 0 Å². The Morgan fingerprint density at radius 1 is 1.50 bits per heavy atom. The number of benzene rings is 1. The Balaban J connectivity index is 2.91. The highest BCUT2D eigenvalue weighted by atomic mass is 32.1. The van der Waals surface area contributed by atoms with Crippen LogP contribution in [0.5, 0.6) is 5.06 Å². The molecule has 4 nitrogen and oxygen atoms in total. The number of nitro groups is 1. The number of fused-ring (bicyclic) bond motifs is 1. The normalized spacial score (nSPS) is 10.6. The molecule has 14 heavy (non-hydrogen) atoms. The van der Waals surface area contributed by atoms with Crippen LogP contribution >= 0.6 is 24.0 Å². The first-order chi connectivity index (χ1) is 6.61. The van der Waals surface area contributed by atoms with Gasteiger partial charge in [0.05, 0.1) is 15.2 Å². The van der Waals surface area contributed by atoms with Gasteiger partial charge >= 0.3 is 0 Å². The Labute approximate surface area is 88.4 Å². The van der Waals surface area contributed by atoms with Gasteiger partial charge in [0, 0.05) is 10.8 Å². The van der Waals surface area contributed by atoms with E-state index in [1.54, 1.807) is 12.1 Å². The minimum Gasteiger partial charge on any atom is -0.499 e. The monoisotopic (exact) mass is 227 g/mol. The first-order valence-electron chi connectivity index (χ1n) is 3.69. The van der Waals surface area contributed by atoms with Crippen molar-refractivity contribution in [1.29, 1.82) is 0 Å². The number of hydrogen-bond donors (Lipinski definition) is 2. The van der Waals surface area contributed by atoms with E-state index < -0.39 is 4.92 Å². The largest absolute Gasteiger partial charge is 0.499 e. The average Bonchev–Trinajstić information content (AvgIpc) is 2.43. The molecule has 0 aliphatic rings. The Morgan fingerprint density at radius 3 is 2.86 bits per heavy atom. The van der Waals surface area contributed by atoms with Gasteiger partial charge in [0.15, 0.2) is 5.06 Å². The van der Waals surface area contributed by atoms with Crippen molar-refractivity contribution in [2.75, 3.05) is 0 Å². The highest BCUT2D eigenvalue weighted by molar-refractivity contribution is 7.81. The number of thiol groups is 1. The van der Waals surface area contributed by atoms with Crippen molar-refractivity contribution >= 4 is 39.7 Å². The van der Waals surface area contributed by atoms with Crippen molar-refractivity contribution in [2.45, 2.75) is 4.90 Å². The summed E-state index contributed by atoms with van der Waals surface area (Å²) < 4.78 is 0.668. The third-order valence-electron chi connectivity index (χ3n) is 1.85. The molecule has 2 rings (SSSR count). The van der Waals surface area contributed by atoms with Crippen LogP contribution in [0.1, 0.15) is 0 Å². The number of thiophene rings is 1. The van der Waals surface area contributed by atoms with E-state index in [0.29, 0.717) is 10.1 Å². The number of rotatable bonds is 1. The lowest BCUT2D eigenvalue weighted by atomic mass is 10.2.